The van der Waals surface area contributed by atoms with Crippen LogP contribution in [0.3, 0.4) is 0 Å². The number of hydrogen-bond donors (Lipinski definition) is 2. The van der Waals surface area contributed by atoms with E-state index in [-0.39, 0.29) is 29.7 Å². The van der Waals surface area contributed by atoms with Gasteiger partial charge in [-0.2, -0.15) is 0 Å². The maximum Gasteiger partial charge on any atom is 0.223 e. The molecule has 2 N–H and O–H groups in total. The maximum atomic E-state index is 13.2. The van der Waals surface area contributed by atoms with Crippen LogP contribution in [0.25, 0.3) is 22.2 Å². The van der Waals surface area contributed by atoms with Crippen LogP contribution in [-0.4, -0.2) is 20.7 Å². The number of aryl methyl sites for hydroxylation is 1. The minimum atomic E-state index is -1.33. The largest absolute Gasteiger partial charge is 0.349 e. The molecule has 0 saturated heterocycles. The van der Waals surface area contributed by atoms with Crippen molar-refractivity contribution in [2.75, 3.05) is 0 Å². The van der Waals surface area contributed by atoms with Crippen molar-refractivity contribution in [3.8, 4) is 11.3 Å². The van der Waals surface area contributed by atoms with Gasteiger partial charge in [0, 0.05) is 35.6 Å². The Bertz CT molecular complexity index is 1410. The highest BCUT2D eigenvalue weighted by atomic mass is 32.2. The molecule has 0 aliphatic heterocycles. The molecule has 2 atom stereocenters. The number of hydrogen-bond acceptors (Lipinski definition) is 2. The van der Waals surface area contributed by atoms with E-state index in [0.29, 0.717) is 0 Å². The van der Waals surface area contributed by atoms with Crippen LogP contribution in [0.2, 0.25) is 0 Å². The molecule has 7 heteroatoms. The lowest BCUT2D eigenvalue weighted by molar-refractivity contribution is -0.126. The van der Waals surface area contributed by atoms with Crippen molar-refractivity contribution in [1.82, 2.24) is 14.6 Å². The standard InChI is InChI=1S/C30H32FN3O2S/c1-20(21-8-13-25(31)14-9-21)32-30(35)23-10-15-26(16-11-23)33-37(36)27-17-12-24-18-28(34(2)29(24)19-27)22-6-4-3-5-7-22/h3-9,12-14,17-20,23,26,33H,10-11,15-16H2,1-2H3,(H,32,35). The Morgan fingerprint density at radius 1 is 0.973 bits per heavy atom. The molecule has 2 unspecified atom stereocenters. The number of aromatic nitrogens is 1. The molecule has 3 aromatic carbocycles. The predicted molar refractivity (Wildman–Crippen MR) is 147 cm³/mol. The maximum absolute atomic E-state index is 13.2. The van der Waals surface area contributed by atoms with Gasteiger partial charge >= 0.3 is 0 Å². The van der Waals surface area contributed by atoms with E-state index in [2.05, 4.69) is 32.8 Å². The monoisotopic (exact) mass is 517 g/mol. The molecule has 1 saturated carbocycles. The Morgan fingerprint density at radius 2 is 1.68 bits per heavy atom. The van der Waals surface area contributed by atoms with Crippen molar-refractivity contribution in [3.05, 3.63) is 90.2 Å². The average molecular weight is 518 g/mol. The highest BCUT2D eigenvalue weighted by Gasteiger charge is 2.28. The highest BCUT2D eigenvalue weighted by Crippen LogP contribution is 2.29. The smallest absolute Gasteiger partial charge is 0.223 e. The normalized spacial score (nSPS) is 19.4. The molecule has 192 valence electrons. The van der Waals surface area contributed by atoms with Gasteiger partial charge in [-0.1, -0.05) is 48.5 Å². The van der Waals surface area contributed by atoms with E-state index >= 15 is 0 Å². The SMILES string of the molecule is CC(NC(=O)C1CCC(NS(=O)c2ccc3cc(-c4ccccc4)n(C)c3c2)CC1)c1ccc(F)cc1. The number of nitrogens with one attached hydrogen (secondary N) is 2. The van der Waals surface area contributed by atoms with Crippen molar-refractivity contribution in [1.29, 1.82) is 0 Å². The summed E-state index contributed by atoms with van der Waals surface area (Å²) in [5.41, 5.74) is 4.19. The second-order valence-corrected chi connectivity index (χ2v) is 11.1. The van der Waals surface area contributed by atoms with Gasteiger partial charge in [-0.3, -0.25) is 4.79 Å². The molecule has 4 aromatic rings. The fourth-order valence-corrected chi connectivity index (χ4v) is 6.25. The Balaban J connectivity index is 1.17. The fraction of sp³-hybridized carbons (Fsp3) is 0.300. The molecular formula is C30H32FN3O2S. The van der Waals surface area contributed by atoms with E-state index in [0.717, 1.165) is 58.3 Å². The Hall–Kier alpha value is -3.29. The molecule has 0 bridgehead atoms. The number of carbonyl (C=O) groups is 1. The van der Waals surface area contributed by atoms with E-state index in [1.54, 1.807) is 12.1 Å². The molecule has 5 rings (SSSR count). The number of carbonyl (C=O) groups excluding carboxylic acids is 1. The van der Waals surface area contributed by atoms with E-state index < -0.39 is 11.0 Å². The van der Waals surface area contributed by atoms with Crippen molar-refractivity contribution in [3.63, 3.8) is 0 Å². The molecule has 1 fully saturated rings. The van der Waals surface area contributed by atoms with Crippen molar-refractivity contribution >= 4 is 27.8 Å². The Labute approximate surface area is 219 Å². The summed E-state index contributed by atoms with van der Waals surface area (Å²) in [5, 5.41) is 4.17. The summed E-state index contributed by atoms with van der Waals surface area (Å²) >= 11 is 0. The lowest BCUT2D eigenvalue weighted by Crippen LogP contribution is -2.39. The third-order valence-electron chi connectivity index (χ3n) is 7.40. The number of halogens is 1. The zero-order valence-corrected chi connectivity index (χ0v) is 21.9. The van der Waals surface area contributed by atoms with Crippen molar-refractivity contribution in [2.45, 2.75) is 49.6 Å². The van der Waals surface area contributed by atoms with Crippen molar-refractivity contribution < 1.29 is 13.4 Å². The number of nitrogens with zero attached hydrogens (tertiary/aromatic N) is 1. The minimum absolute atomic E-state index is 0.0276. The number of amides is 1. The quantitative estimate of drug-likeness (QED) is 0.314. The van der Waals surface area contributed by atoms with Crippen LogP contribution in [0.4, 0.5) is 4.39 Å². The van der Waals surface area contributed by atoms with E-state index in [9.17, 15) is 13.4 Å². The van der Waals surface area contributed by atoms with Gasteiger partial charge in [0.2, 0.25) is 5.91 Å². The van der Waals surface area contributed by atoms with Crippen LogP contribution in [0.5, 0.6) is 0 Å². The summed E-state index contributed by atoms with van der Waals surface area (Å²) in [6.45, 7) is 1.91. The van der Waals surface area contributed by atoms with E-state index in [1.807, 2.05) is 50.4 Å². The van der Waals surface area contributed by atoms with Gasteiger partial charge in [0.1, 0.15) is 16.8 Å². The van der Waals surface area contributed by atoms with Crippen LogP contribution in [-0.2, 0) is 22.8 Å². The Kier molecular flexibility index (Phi) is 7.53. The second-order valence-electron chi connectivity index (χ2n) is 9.89. The molecule has 1 aromatic heterocycles. The Morgan fingerprint density at radius 3 is 2.38 bits per heavy atom. The zero-order valence-electron chi connectivity index (χ0n) is 21.1. The number of rotatable bonds is 7. The summed E-state index contributed by atoms with van der Waals surface area (Å²) in [6, 6.07) is 24.5. The molecule has 1 aliphatic rings. The van der Waals surface area contributed by atoms with Gasteiger partial charge < -0.3 is 9.88 Å². The zero-order chi connectivity index (χ0) is 25.9. The van der Waals surface area contributed by atoms with Gasteiger partial charge in [0.05, 0.1) is 10.9 Å². The first-order chi connectivity index (χ1) is 17.9. The molecule has 37 heavy (non-hydrogen) atoms. The lowest BCUT2D eigenvalue weighted by atomic mass is 9.85. The van der Waals surface area contributed by atoms with Crippen LogP contribution < -0.4 is 10.0 Å². The van der Waals surface area contributed by atoms with Crippen LogP contribution >= 0.6 is 0 Å². The molecule has 1 heterocycles. The molecular weight excluding hydrogens is 485 g/mol. The minimum Gasteiger partial charge on any atom is -0.349 e. The van der Waals surface area contributed by atoms with E-state index in [4.69, 9.17) is 0 Å². The summed E-state index contributed by atoms with van der Waals surface area (Å²) in [7, 11) is 0.703. The number of fused-ring (bicyclic) bond motifs is 1. The molecule has 0 spiro atoms. The topological polar surface area (TPSA) is 63.1 Å². The third-order valence-corrected chi connectivity index (χ3v) is 8.63. The first kappa shape index (κ1) is 25.4. The summed E-state index contributed by atoms with van der Waals surface area (Å²) in [6.07, 6.45) is 3.07. The first-order valence-electron chi connectivity index (χ1n) is 12.8. The average Bonchev–Trinajstić information content (AvgIpc) is 3.25. The highest BCUT2D eigenvalue weighted by molar-refractivity contribution is 7.83. The lowest BCUT2D eigenvalue weighted by Gasteiger charge is -2.29. The van der Waals surface area contributed by atoms with Gasteiger partial charge in [-0.15, -0.1) is 0 Å². The first-order valence-corrected chi connectivity index (χ1v) is 13.9. The van der Waals surface area contributed by atoms with Gasteiger partial charge in [-0.25, -0.2) is 13.3 Å². The molecule has 1 amide bonds. The molecule has 1 aliphatic carbocycles. The predicted octanol–water partition coefficient (Wildman–Crippen LogP) is 6.03. The molecule has 0 radical (unpaired) electrons. The summed E-state index contributed by atoms with van der Waals surface area (Å²) < 4.78 is 31.8. The van der Waals surface area contributed by atoms with Crippen LogP contribution in [0.1, 0.15) is 44.2 Å². The van der Waals surface area contributed by atoms with Gasteiger partial charge in [0.25, 0.3) is 0 Å². The number of benzene rings is 3. The van der Waals surface area contributed by atoms with Gasteiger partial charge in [0.15, 0.2) is 0 Å². The summed E-state index contributed by atoms with van der Waals surface area (Å²) in [5.74, 6) is -0.323. The van der Waals surface area contributed by atoms with Crippen molar-refractivity contribution in [2.24, 2.45) is 13.0 Å². The van der Waals surface area contributed by atoms with Crippen LogP contribution in [0.15, 0.2) is 83.8 Å². The van der Waals surface area contributed by atoms with E-state index in [1.165, 1.54) is 12.1 Å². The summed E-state index contributed by atoms with van der Waals surface area (Å²) in [4.78, 5) is 13.5. The second kappa shape index (κ2) is 11.0. The fourth-order valence-electron chi connectivity index (χ4n) is 5.17. The molecule has 5 nitrogen and oxygen atoms in total. The van der Waals surface area contributed by atoms with Crippen LogP contribution in [0, 0.1) is 11.7 Å². The third kappa shape index (κ3) is 5.68. The van der Waals surface area contributed by atoms with Gasteiger partial charge in [-0.05, 0) is 74.1 Å².